The van der Waals surface area contributed by atoms with Gasteiger partial charge in [-0.05, 0) is 42.0 Å². The topological polar surface area (TPSA) is 166 Å². The van der Waals surface area contributed by atoms with Crippen LogP contribution in [0.15, 0.2) is 60.8 Å². The molecule has 2 aromatic carbocycles. The Morgan fingerprint density at radius 2 is 1.66 bits per heavy atom. The number of aromatic nitrogens is 1. The van der Waals surface area contributed by atoms with Crippen LogP contribution in [0.1, 0.15) is 17.5 Å². The van der Waals surface area contributed by atoms with Gasteiger partial charge in [-0.1, -0.05) is 48.5 Å². The van der Waals surface area contributed by atoms with Crippen molar-refractivity contribution in [2.75, 3.05) is 18.6 Å². The Morgan fingerprint density at radius 3 is 2.37 bits per heavy atom. The molecule has 0 fully saturated rings. The maximum Gasteiger partial charge on any atom is 0.326 e. The van der Waals surface area contributed by atoms with E-state index in [1.807, 2.05) is 60.9 Å². The van der Waals surface area contributed by atoms with Crippen LogP contribution in [0.5, 0.6) is 0 Å². The van der Waals surface area contributed by atoms with E-state index < -0.39 is 48.4 Å². The standard InChI is InChI=1S/C27H33N5O5S/c1-38-12-11-22(32-25(34)20(28)13-17-7-3-2-4-8-17)26(35)30-16-24(33)31-23(27(36)37)14-18-15-29-21-10-6-5-9-19(18)21/h2-10,15,20,22-23,29H,11-14,16,28H2,1H3,(H,30,35)(H,31,33)(H,32,34)(H,36,37). The van der Waals surface area contributed by atoms with Gasteiger partial charge in [0.2, 0.25) is 17.7 Å². The van der Waals surface area contributed by atoms with Gasteiger partial charge in [-0.25, -0.2) is 4.79 Å². The Hall–Kier alpha value is -3.83. The van der Waals surface area contributed by atoms with E-state index >= 15 is 0 Å². The summed E-state index contributed by atoms with van der Waals surface area (Å²) in [4.78, 5) is 52.9. The molecule has 10 nitrogen and oxygen atoms in total. The second kappa shape index (κ2) is 14.2. The Morgan fingerprint density at radius 1 is 0.947 bits per heavy atom. The molecule has 1 aromatic heterocycles. The second-order valence-corrected chi connectivity index (χ2v) is 9.86. The highest BCUT2D eigenvalue weighted by Crippen LogP contribution is 2.19. The fourth-order valence-electron chi connectivity index (χ4n) is 4.00. The van der Waals surface area contributed by atoms with Gasteiger partial charge in [0.1, 0.15) is 12.1 Å². The first kappa shape index (κ1) is 28.7. The number of benzene rings is 2. The average molecular weight is 540 g/mol. The molecule has 0 bridgehead atoms. The molecule has 0 aliphatic heterocycles. The van der Waals surface area contributed by atoms with Crippen molar-refractivity contribution in [2.45, 2.75) is 37.4 Å². The summed E-state index contributed by atoms with van der Waals surface area (Å²) in [5, 5.41) is 18.2. The van der Waals surface area contributed by atoms with Gasteiger partial charge >= 0.3 is 5.97 Å². The molecule has 1 heterocycles. The van der Waals surface area contributed by atoms with Crippen molar-refractivity contribution >= 4 is 46.4 Å². The first-order chi connectivity index (χ1) is 18.3. The molecule has 3 atom stereocenters. The number of hydrogen-bond donors (Lipinski definition) is 6. The largest absolute Gasteiger partial charge is 0.480 e. The van der Waals surface area contributed by atoms with E-state index in [4.69, 9.17) is 5.73 Å². The van der Waals surface area contributed by atoms with E-state index in [1.165, 1.54) is 11.8 Å². The van der Waals surface area contributed by atoms with E-state index in [0.29, 0.717) is 18.6 Å². The van der Waals surface area contributed by atoms with Crippen molar-refractivity contribution in [1.29, 1.82) is 0 Å². The number of nitrogens with one attached hydrogen (secondary N) is 4. The van der Waals surface area contributed by atoms with Crippen LogP contribution in [-0.2, 0) is 32.0 Å². The van der Waals surface area contributed by atoms with Crippen molar-refractivity contribution in [3.05, 3.63) is 71.9 Å². The summed E-state index contributed by atoms with van der Waals surface area (Å²) in [6.45, 7) is -0.432. The lowest BCUT2D eigenvalue weighted by Gasteiger charge is -2.21. The monoisotopic (exact) mass is 539 g/mol. The van der Waals surface area contributed by atoms with E-state index in [0.717, 1.165) is 22.0 Å². The lowest BCUT2D eigenvalue weighted by atomic mass is 10.0. The van der Waals surface area contributed by atoms with Gasteiger partial charge in [-0.15, -0.1) is 0 Å². The minimum absolute atomic E-state index is 0.0741. The van der Waals surface area contributed by atoms with E-state index in [2.05, 4.69) is 20.9 Å². The van der Waals surface area contributed by atoms with E-state index in [9.17, 15) is 24.3 Å². The number of carbonyl (C=O) groups excluding carboxylic acids is 3. The molecule has 0 aliphatic rings. The zero-order valence-corrected chi connectivity index (χ0v) is 21.9. The quantitative estimate of drug-likeness (QED) is 0.179. The number of thioether (sulfide) groups is 1. The number of carboxylic acids is 1. The Labute approximate surface area is 225 Å². The van der Waals surface area contributed by atoms with Crippen LogP contribution in [0, 0.1) is 0 Å². The number of carboxylic acid groups (broad SMARTS) is 1. The third-order valence-corrected chi connectivity index (χ3v) is 6.68. The molecule has 3 rings (SSSR count). The van der Waals surface area contributed by atoms with Crippen LogP contribution >= 0.6 is 11.8 Å². The van der Waals surface area contributed by atoms with E-state index in [-0.39, 0.29) is 6.42 Å². The van der Waals surface area contributed by atoms with Crippen molar-refractivity contribution in [2.24, 2.45) is 5.73 Å². The molecule has 0 radical (unpaired) electrons. The zero-order valence-electron chi connectivity index (χ0n) is 21.1. The number of carbonyl (C=O) groups is 4. The van der Waals surface area contributed by atoms with Crippen LogP contribution in [0.2, 0.25) is 0 Å². The smallest absolute Gasteiger partial charge is 0.326 e. The van der Waals surface area contributed by atoms with Gasteiger partial charge in [0, 0.05) is 23.5 Å². The van der Waals surface area contributed by atoms with Gasteiger partial charge in [-0.3, -0.25) is 14.4 Å². The number of hydrogen-bond acceptors (Lipinski definition) is 6. The van der Waals surface area contributed by atoms with Crippen LogP contribution in [-0.4, -0.2) is 70.5 Å². The summed E-state index contributed by atoms with van der Waals surface area (Å²) in [5.74, 6) is -2.25. The van der Waals surface area contributed by atoms with Gasteiger partial charge < -0.3 is 31.8 Å². The predicted octanol–water partition coefficient (Wildman–Crippen LogP) is 1.20. The molecular weight excluding hydrogens is 506 g/mol. The summed E-state index contributed by atoms with van der Waals surface area (Å²) in [6.07, 6.45) is 4.33. The molecular formula is C27H33N5O5S. The fourth-order valence-corrected chi connectivity index (χ4v) is 4.47. The molecule has 3 aromatic rings. The normalized spacial score (nSPS) is 13.3. The van der Waals surface area contributed by atoms with Crippen LogP contribution < -0.4 is 21.7 Å². The first-order valence-corrected chi connectivity index (χ1v) is 13.6. The molecule has 38 heavy (non-hydrogen) atoms. The number of aliphatic carboxylic acids is 1. The lowest BCUT2D eigenvalue weighted by Crippen LogP contribution is -2.54. The van der Waals surface area contributed by atoms with Gasteiger partial charge in [0.25, 0.3) is 0 Å². The number of aromatic amines is 1. The molecule has 3 amide bonds. The fraction of sp³-hybridized carbons (Fsp3) is 0.333. The highest BCUT2D eigenvalue weighted by molar-refractivity contribution is 7.98. The first-order valence-electron chi connectivity index (χ1n) is 12.2. The van der Waals surface area contributed by atoms with Crippen molar-refractivity contribution in [1.82, 2.24) is 20.9 Å². The number of para-hydroxylation sites is 1. The second-order valence-electron chi connectivity index (χ2n) is 8.88. The number of nitrogens with two attached hydrogens (primary N) is 1. The third kappa shape index (κ3) is 8.35. The number of fused-ring (bicyclic) bond motifs is 1. The molecule has 3 unspecified atom stereocenters. The highest BCUT2D eigenvalue weighted by Gasteiger charge is 2.26. The van der Waals surface area contributed by atoms with Crippen molar-refractivity contribution in [3.63, 3.8) is 0 Å². The summed E-state index contributed by atoms with van der Waals surface area (Å²) in [6, 6.07) is 13.9. The number of H-pyrrole nitrogens is 1. The molecule has 0 aliphatic carbocycles. The Bertz CT molecular complexity index is 1250. The molecule has 202 valence electrons. The predicted molar refractivity (Wildman–Crippen MR) is 148 cm³/mol. The minimum Gasteiger partial charge on any atom is -0.480 e. The maximum absolute atomic E-state index is 12.8. The van der Waals surface area contributed by atoms with Gasteiger partial charge in [0.05, 0.1) is 12.6 Å². The highest BCUT2D eigenvalue weighted by atomic mass is 32.2. The molecule has 0 spiro atoms. The maximum atomic E-state index is 12.8. The molecule has 0 saturated carbocycles. The Balaban J connectivity index is 1.54. The summed E-state index contributed by atoms with van der Waals surface area (Å²) in [5.41, 5.74) is 8.57. The SMILES string of the molecule is CSCCC(NC(=O)C(N)Cc1ccccc1)C(=O)NCC(=O)NC(Cc1c[nH]c2ccccc12)C(=O)O. The van der Waals surface area contributed by atoms with Crippen LogP contribution in [0.3, 0.4) is 0 Å². The lowest BCUT2D eigenvalue weighted by molar-refractivity contribution is -0.141. The summed E-state index contributed by atoms with van der Waals surface area (Å²) in [7, 11) is 0. The summed E-state index contributed by atoms with van der Waals surface area (Å²) < 4.78 is 0. The van der Waals surface area contributed by atoms with Gasteiger partial charge in [-0.2, -0.15) is 11.8 Å². The van der Waals surface area contributed by atoms with Crippen LogP contribution in [0.25, 0.3) is 10.9 Å². The summed E-state index contributed by atoms with van der Waals surface area (Å²) >= 11 is 1.51. The van der Waals surface area contributed by atoms with Crippen LogP contribution in [0.4, 0.5) is 0 Å². The molecule has 11 heteroatoms. The number of amides is 3. The van der Waals surface area contributed by atoms with Crippen molar-refractivity contribution in [3.8, 4) is 0 Å². The Kier molecular flexibility index (Phi) is 10.7. The average Bonchev–Trinajstić information content (AvgIpc) is 3.32. The van der Waals surface area contributed by atoms with Crippen molar-refractivity contribution < 1.29 is 24.3 Å². The third-order valence-electron chi connectivity index (χ3n) is 6.03. The minimum atomic E-state index is -1.19. The zero-order chi connectivity index (χ0) is 27.5. The molecule has 0 saturated heterocycles. The van der Waals surface area contributed by atoms with Gasteiger partial charge in [0.15, 0.2) is 0 Å². The van der Waals surface area contributed by atoms with E-state index in [1.54, 1.807) is 6.20 Å². The molecule has 7 N–H and O–H groups in total. The number of rotatable bonds is 14.